The number of aromatic nitrogens is 3. The van der Waals surface area contributed by atoms with E-state index < -0.39 is 6.03 Å². The fourth-order valence-corrected chi connectivity index (χ4v) is 4.42. The number of ether oxygens (including phenoxy) is 1. The second-order valence-corrected chi connectivity index (χ2v) is 9.60. The Kier molecular flexibility index (Phi) is 7.22. The number of carbonyl (C=O) groups is 2. The van der Waals surface area contributed by atoms with Crippen LogP contribution in [0.1, 0.15) is 12.5 Å². The monoisotopic (exact) mass is 618 g/mol. The number of nitrogens with zero attached hydrogens (tertiary/aromatic N) is 3. The minimum absolute atomic E-state index is 0.217. The van der Waals surface area contributed by atoms with E-state index in [9.17, 15) is 9.59 Å². The highest BCUT2D eigenvalue weighted by Gasteiger charge is 2.14. The molecule has 3 amide bonds. The van der Waals surface area contributed by atoms with Gasteiger partial charge in [0.2, 0.25) is 5.91 Å². The predicted molar refractivity (Wildman–Crippen MR) is 156 cm³/mol. The molecule has 0 saturated carbocycles. The summed E-state index contributed by atoms with van der Waals surface area (Å²) in [6.45, 7) is 3.44. The average Bonchev–Trinajstić information content (AvgIpc) is 3.25. The highest BCUT2D eigenvalue weighted by Crippen LogP contribution is 2.35. The molecule has 0 unspecified atom stereocenters. The minimum atomic E-state index is -0.400. The van der Waals surface area contributed by atoms with Crippen LogP contribution in [0.4, 0.5) is 22.1 Å². The molecule has 3 aromatic carbocycles. The molecule has 5 aromatic rings. The van der Waals surface area contributed by atoms with Gasteiger partial charge in [0.15, 0.2) is 0 Å². The number of fused-ring (bicyclic) bond motifs is 1. The summed E-state index contributed by atoms with van der Waals surface area (Å²) < 4.78 is 8.56. The fraction of sp³-hybridized carbons (Fsp3) is 0.0714. The Morgan fingerprint density at radius 2 is 1.66 bits per heavy atom. The van der Waals surface area contributed by atoms with Crippen LogP contribution in [0.5, 0.6) is 11.5 Å². The molecule has 0 atom stereocenters. The maximum Gasteiger partial charge on any atom is 0.324 e. The second-order valence-electron chi connectivity index (χ2n) is 8.50. The number of halogens is 1. The number of hydrogen-bond donors (Lipinski definition) is 3. The van der Waals surface area contributed by atoms with Crippen molar-refractivity contribution < 1.29 is 14.3 Å². The van der Waals surface area contributed by atoms with Gasteiger partial charge in [0.1, 0.15) is 26.8 Å². The van der Waals surface area contributed by atoms with E-state index in [2.05, 4.69) is 48.6 Å². The van der Waals surface area contributed by atoms with Crippen molar-refractivity contribution in [1.82, 2.24) is 14.8 Å². The maximum atomic E-state index is 13.0. The van der Waals surface area contributed by atoms with Crippen LogP contribution in [-0.2, 0) is 4.79 Å². The van der Waals surface area contributed by atoms with Crippen molar-refractivity contribution in [3.8, 4) is 17.2 Å². The molecular weight excluding hydrogens is 595 g/mol. The molecule has 0 bridgehead atoms. The van der Waals surface area contributed by atoms with Crippen LogP contribution in [0.3, 0.4) is 0 Å². The Labute approximate surface area is 232 Å². The Morgan fingerprint density at radius 3 is 2.42 bits per heavy atom. The Bertz CT molecular complexity index is 1650. The number of carbonyl (C=O) groups excluding carboxylic acids is 2. The Morgan fingerprint density at radius 1 is 0.895 bits per heavy atom. The summed E-state index contributed by atoms with van der Waals surface area (Å²) in [5, 5.41) is 14.6. The van der Waals surface area contributed by atoms with Gasteiger partial charge in [-0.15, -0.1) is 0 Å². The lowest BCUT2D eigenvalue weighted by Crippen LogP contribution is -2.21. The molecular formula is C28H23IN6O3. The third kappa shape index (κ3) is 5.75. The summed E-state index contributed by atoms with van der Waals surface area (Å²) in [7, 11) is 0. The number of pyridine rings is 1. The summed E-state index contributed by atoms with van der Waals surface area (Å²) in [6.07, 6.45) is 1.56. The zero-order valence-corrected chi connectivity index (χ0v) is 22.7. The van der Waals surface area contributed by atoms with Gasteiger partial charge in [-0.1, -0.05) is 42.0 Å². The smallest absolute Gasteiger partial charge is 0.324 e. The van der Waals surface area contributed by atoms with Crippen LogP contribution in [0.2, 0.25) is 0 Å². The Hall–Kier alpha value is -4.45. The molecule has 10 heteroatoms. The molecule has 0 aliphatic carbocycles. The summed E-state index contributed by atoms with van der Waals surface area (Å²) in [5.74, 6) is 1.84. The average molecular weight is 618 g/mol. The van der Waals surface area contributed by atoms with E-state index >= 15 is 0 Å². The van der Waals surface area contributed by atoms with Crippen LogP contribution in [0, 0.1) is 10.6 Å². The van der Waals surface area contributed by atoms with Crippen molar-refractivity contribution in [2.24, 2.45) is 0 Å². The SMILES string of the molecule is CC(=O)Nc1cc(Oc2ccc(NC(=O)Nc3cc(I)nn3-c3ccc(C)cc3)c3ccccc23)ccn1. The van der Waals surface area contributed by atoms with E-state index in [1.54, 1.807) is 41.2 Å². The van der Waals surface area contributed by atoms with E-state index in [0.29, 0.717) is 28.8 Å². The van der Waals surface area contributed by atoms with Gasteiger partial charge in [-0.25, -0.2) is 14.5 Å². The van der Waals surface area contributed by atoms with Crippen LogP contribution in [-0.4, -0.2) is 26.7 Å². The molecule has 2 heterocycles. The zero-order valence-electron chi connectivity index (χ0n) is 20.5. The molecule has 190 valence electrons. The van der Waals surface area contributed by atoms with E-state index in [1.807, 2.05) is 55.5 Å². The lowest BCUT2D eigenvalue weighted by Gasteiger charge is -2.14. The first-order valence-corrected chi connectivity index (χ1v) is 12.8. The lowest BCUT2D eigenvalue weighted by molar-refractivity contribution is -0.114. The van der Waals surface area contributed by atoms with Crippen molar-refractivity contribution in [3.63, 3.8) is 0 Å². The quantitative estimate of drug-likeness (QED) is 0.183. The van der Waals surface area contributed by atoms with Crippen molar-refractivity contribution in [1.29, 1.82) is 0 Å². The second kappa shape index (κ2) is 10.9. The number of urea groups is 1. The predicted octanol–water partition coefficient (Wildman–Crippen LogP) is 6.73. The molecule has 0 saturated heterocycles. The summed E-state index contributed by atoms with van der Waals surface area (Å²) in [5.41, 5.74) is 2.60. The summed E-state index contributed by atoms with van der Waals surface area (Å²) in [6, 6.07) is 23.8. The van der Waals surface area contributed by atoms with Crippen molar-refractivity contribution in [2.75, 3.05) is 16.0 Å². The van der Waals surface area contributed by atoms with E-state index in [0.717, 1.165) is 25.7 Å². The summed E-state index contributed by atoms with van der Waals surface area (Å²) >= 11 is 2.12. The minimum Gasteiger partial charge on any atom is -0.457 e. The molecule has 0 radical (unpaired) electrons. The summed E-state index contributed by atoms with van der Waals surface area (Å²) in [4.78, 5) is 28.5. The molecule has 0 aliphatic heterocycles. The highest BCUT2D eigenvalue weighted by molar-refractivity contribution is 14.1. The van der Waals surface area contributed by atoms with Gasteiger partial charge in [-0.3, -0.25) is 10.1 Å². The fourth-order valence-electron chi connectivity index (χ4n) is 3.91. The van der Waals surface area contributed by atoms with Crippen LogP contribution in [0.15, 0.2) is 85.1 Å². The number of benzene rings is 3. The van der Waals surface area contributed by atoms with Gasteiger partial charge in [0.05, 0.1) is 11.4 Å². The Balaban J connectivity index is 1.38. The maximum absolute atomic E-state index is 13.0. The number of amides is 3. The largest absolute Gasteiger partial charge is 0.457 e. The number of rotatable bonds is 6. The normalized spacial score (nSPS) is 10.7. The van der Waals surface area contributed by atoms with Gasteiger partial charge in [0, 0.05) is 36.0 Å². The first-order valence-electron chi connectivity index (χ1n) is 11.7. The molecule has 0 aliphatic rings. The van der Waals surface area contributed by atoms with E-state index in [-0.39, 0.29) is 5.91 Å². The number of anilines is 3. The zero-order chi connectivity index (χ0) is 26.6. The number of aryl methyl sites for hydroxylation is 1. The third-order valence-electron chi connectivity index (χ3n) is 5.60. The molecule has 9 nitrogen and oxygen atoms in total. The van der Waals surface area contributed by atoms with Crippen molar-refractivity contribution in [2.45, 2.75) is 13.8 Å². The van der Waals surface area contributed by atoms with Gasteiger partial charge in [-0.2, -0.15) is 5.10 Å². The number of hydrogen-bond acceptors (Lipinski definition) is 5. The first-order chi connectivity index (χ1) is 18.4. The van der Waals surface area contributed by atoms with Crippen LogP contribution in [0.25, 0.3) is 16.5 Å². The van der Waals surface area contributed by atoms with Crippen LogP contribution >= 0.6 is 22.6 Å². The molecule has 38 heavy (non-hydrogen) atoms. The standard InChI is InChI=1S/C28H23IN6O3/c1-17-7-9-19(10-8-17)35-27(16-25(29)34-35)33-28(37)32-23-11-12-24(22-6-4-3-5-21(22)23)38-20-13-14-30-26(15-20)31-18(2)36/h3-16H,1-2H3,(H,30,31,36)(H2,32,33,37). The number of nitrogens with one attached hydrogen (secondary N) is 3. The molecule has 0 spiro atoms. The van der Waals surface area contributed by atoms with Gasteiger partial charge in [-0.05, 0) is 59.8 Å². The lowest BCUT2D eigenvalue weighted by atomic mass is 10.1. The molecule has 0 fully saturated rings. The molecule has 5 rings (SSSR count). The van der Waals surface area contributed by atoms with Crippen molar-refractivity contribution in [3.05, 3.63) is 94.3 Å². The van der Waals surface area contributed by atoms with Crippen LogP contribution < -0.4 is 20.7 Å². The molecule has 2 aromatic heterocycles. The topological polar surface area (TPSA) is 110 Å². The van der Waals surface area contributed by atoms with Crippen molar-refractivity contribution >= 4 is 62.6 Å². The van der Waals surface area contributed by atoms with Gasteiger partial charge >= 0.3 is 6.03 Å². The van der Waals surface area contributed by atoms with Gasteiger partial charge in [0.25, 0.3) is 0 Å². The van der Waals surface area contributed by atoms with E-state index in [1.165, 1.54) is 6.92 Å². The molecule has 3 N–H and O–H groups in total. The van der Waals surface area contributed by atoms with Gasteiger partial charge < -0.3 is 15.4 Å². The highest BCUT2D eigenvalue weighted by atomic mass is 127. The van der Waals surface area contributed by atoms with E-state index in [4.69, 9.17) is 4.74 Å². The first kappa shape index (κ1) is 25.2. The third-order valence-corrected chi connectivity index (χ3v) is 6.12.